The standard InChI is InChI=1S/C24H25N3O3/c1-16(21(28)26-15-7-11-18-9-3-5-13-20(18)26)27-22(29)24(25-23(27)30)14-6-10-17-8-2-4-12-19(17)24/h2-5,8-9,12-13,16H,6-7,10-11,14-15H2,1H3,(H,25,30)/t16-,24+/m1/s1. The number of aryl methyl sites for hydroxylation is 2. The molecule has 0 saturated carbocycles. The van der Waals surface area contributed by atoms with Gasteiger partial charge in [-0.05, 0) is 61.8 Å². The molecule has 2 heterocycles. The first-order valence-electron chi connectivity index (χ1n) is 10.7. The third kappa shape index (κ3) is 2.66. The molecule has 0 radical (unpaired) electrons. The summed E-state index contributed by atoms with van der Waals surface area (Å²) in [5, 5.41) is 2.95. The van der Waals surface area contributed by atoms with Crippen LogP contribution in [0.4, 0.5) is 10.5 Å². The summed E-state index contributed by atoms with van der Waals surface area (Å²) in [6, 6.07) is 14.3. The minimum absolute atomic E-state index is 0.216. The molecule has 0 bridgehead atoms. The number of urea groups is 1. The van der Waals surface area contributed by atoms with Crippen LogP contribution >= 0.6 is 0 Å². The Hall–Kier alpha value is -3.15. The van der Waals surface area contributed by atoms with Gasteiger partial charge in [-0.25, -0.2) is 9.69 Å². The second-order valence-corrected chi connectivity index (χ2v) is 8.42. The lowest BCUT2D eigenvalue weighted by Gasteiger charge is -2.35. The van der Waals surface area contributed by atoms with Crippen LogP contribution in [0.2, 0.25) is 0 Å². The second-order valence-electron chi connectivity index (χ2n) is 8.42. The van der Waals surface area contributed by atoms with Gasteiger partial charge >= 0.3 is 6.03 Å². The molecule has 2 atom stereocenters. The number of carbonyl (C=O) groups excluding carboxylic acids is 3. The first-order valence-corrected chi connectivity index (χ1v) is 10.7. The van der Waals surface area contributed by atoms with Crippen LogP contribution in [-0.2, 0) is 28.0 Å². The fraction of sp³-hybridized carbons (Fsp3) is 0.375. The molecule has 5 rings (SSSR count). The summed E-state index contributed by atoms with van der Waals surface area (Å²) in [6.45, 7) is 2.25. The number of rotatable bonds is 2. The van der Waals surface area contributed by atoms with Crippen LogP contribution in [0.25, 0.3) is 0 Å². The van der Waals surface area contributed by atoms with Gasteiger partial charge in [-0.3, -0.25) is 9.59 Å². The Morgan fingerprint density at radius 2 is 1.70 bits per heavy atom. The van der Waals surface area contributed by atoms with Gasteiger partial charge < -0.3 is 10.2 Å². The maximum atomic E-state index is 13.6. The number of hydrogen-bond donors (Lipinski definition) is 1. The maximum absolute atomic E-state index is 13.6. The van der Waals surface area contributed by atoms with Crippen LogP contribution in [0.1, 0.15) is 42.9 Å². The quantitative estimate of drug-likeness (QED) is 0.784. The molecule has 1 fully saturated rings. The zero-order valence-corrected chi connectivity index (χ0v) is 17.1. The number of anilines is 1. The Balaban J connectivity index is 1.47. The molecular weight excluding hydrogens is 378 g/mol. The average molecular weight is 403 g/mol. The average Bonchev–Trinajstić information content (AvgIpc) is 3.02. The van der Waals surface area contributed by atoms with Gasteiger partial charge in [-0.15, -0.1) is 0 Å². The minimum atomic E-state index is -1.06. The zero-order chi connectivity index (χ0) is 20.9. The highest BCUT2D eigenvalue weighted by Crippen LogP contribution is 2.40. The van der Waals surface area contributed by atoms with Crippen molar-refractivity contribution in [2.45, 2.75) is 50.6 Å². The predicted octanol–water partition coefficient (Wildman–Crippen LogP) is 3.14. The highest BCUT2D eigenvalue weighted by molar-refractivity contribution is 6.12. The lowest BCUT2D eigenvalue weighted by molar-refractivity contribution is -0.137. The van der Waals surface area contributed by atoms with Crippen molar-refractivity contribution in [3.63, 3.8) is 0 Å². The number of imide groups is 1. The van der Waals surface area contributed by atoms with Gasteiger partial charge in [0.15, 0.2) is 0 Å². The van der Waals surface area contributed by atoms with E-state index in [-0.39, 0.29) is 11.8 Å². The Morgan fingerprint density at radius 1 is 1.00 bits per heavy atom. The molecule has 1 saturated heterocycles. The summed E-state index contributed by atoms with van der Waals surface area (Å²) in [5.41, 5.74) is 2.90. The fourth-order valence-electron chi connectivity index (χ4n) is 5.23. The van der Waals surface area contributed by atoms with E-state index in [1.807, 2.05) is 48.5 Å². The summed E-state index contributed by atoms with van der Waals surface area (Å²) in [6.07, 6.45) is 4.06. The van der Waals surface area contributed by atoms with Crippen molar-refractivity contribution in [3.05, 3.63) is 65.2 Å². The van der Waals surface area contributed by atoms with Crippen molar-refractivity contribution in [2.24, 2.45) is 0 Å². The van der Waals surface area contributed by atoms with Crippen molar-refractivity contribution in [1.29, 1.82) is 0 Å². The van der Waals surface area contributed by atoms with Crippen LogP contribution in [0.15, 0.2) is 48.5 Å². The van der Waals surface area contributed by atoms with E-state index in [0.29, 0.717) is 13.0 Å². The molecular formula is C24H25N3O3. The summed E-state index contributed by atoms with van der Waals surface area (Å²) < 4.78 is 0. The highest BCUT2D eigenvalue weighted by atomic mass is 16.2. The van der Waals surface area contributed by atoms with Crippen LogP contribution in [0.5, 0.6) is 0 Å². The molecule has 0 aromatic heterocycles. The fourth-order valence-corrected chi connectivity index (χ4v) is 5.23. The van der Waals surface area contributed by atoms with Crippen LogP contribution in [0, 0.1) is 0 Å². The van der Waals surface area contributed by atoms with Crippen LogP contribution in [-0.4, -0.2) is 35.3 Å². The van der Waals surface area contributed by atoms with E-state index in [1.165, 1.54) is 0 Å². The molecule has 154 valence electrons. The van der Waals surface area contributed by atoms with Gasteiger partial charge in [-0.2, -0.15) is 0 Å². The van der Waals surface area contributed by atoms with Gasteiger partial charge in [0, 0.05) is 12.2 Å². The van der Waals surface area contributed by atoms with E-state index < -0.39 is 17.6 Å². The largest absolute Gasteiger partial charge is 0.326 e. The molecule has 2 aromatic carbocycles. The molecule has 0 unspecified atom stereocenters. The maximum Gasteiger partial charge on any atom is 0.326 e. The van der Waals surface area contributed by atoms with E-state index in [0.717, 1.165) is 53.0 Å². The number of nitrogens with one attached hydrogen (secondary N) is 1. The van der Waals surface area contributed by atoms with E-state index in [9.17, 15) is 14.4 Å². The number of amides is 4. The molecule has 1 aliphatic carbocycles. The molecule has 6 heteroatoms. The molecule has 1 N–H and O–H groups in total. The molecule has 4 amide bonds. The number of hydrogen-bond acceptors (Lipinski definition) is 3. The predicted molar refractivity (Wildman–Crippen MR) is 113 cm³/mol. The molecule has 30 heavy (non-hydrogen) atoms. The first-order chi connectivity index (χ1) is 14.5. The molecule has 2 aliphatic heterocycles. The lowest BCUT2D eigenvalue weighted by Crippen LogP contribution is -2.52. The van der Waals surface area contributed by atoms with Gasteiger partial charge in [-0.1, -0.05) is 42.5 Å². The summed E-state index contributed by atoms with van der Waals surface area (Å²) in [4.78, 5) is 42.8. The zero-order valence-electron chi connectivity index (χ0n) is 17.1. The third-order valence-corrected chi connectivity index (χ3v) is 6.72. The third-order valence-electron chi connectivity index (χ3n) is 6.72. The van der Waals surface area contributed by atoms with Crippen molar-refractivity contribution >= 4 is 23.5 Å². The molecule has 6 nitrogen and oxygen atoms in total. The topological polar surface area (TPSA) is 69.7 Å². The smallest absolute Gasteiger partial charge is 0.319 e. The SMILES string of the molecule is C[C@H](C(=O)N1CCCc2ccccc21)N1C(=O)N[C@]2(CCCc3ccccc32)C1=O. The summed E-state index contributed by atoms with van der Waals surface area (Å²) in [5.74, 6) is -0.530. The van der Waals surface area contributed by atoms with Crippen molar-refractivity contribution in [3.8, 4) is 0 Å². The van der Waals surface area contributed by atoms with E-state index >= 15 is 0 Å². The second kappa shape index (κ2) is 6.97. The lowest BCUT2D eigenvalue weighted by atomic mass is 9.76. The Labute approximate surface area is 175 Å². The number of para-hydroxylation sites is 1. The summed E-state index contributed by atoms with van der Waals surface area (Å²) in [7, 11) is 0. The summed E-state index contributed by atoms with van der Waals surface area (Å²) >= 11 is 0. The number of fused-ring (bicyclic) bond motifs is 3. The van der Waals surface area contributed by atoms with Crippen LogP contribution < -0.4 is 10.2 Å². The first kappa shape index (κ1) is 18.9. The number of carbonyl (C=O) groups is 3. The number of nitrogens with zero attached hydrogens (tertiary/aromatic N) is 2. The van der Waals surface area contributed by atoms with Gasteiger partial charge in [0.05, 0.1) is 0 Å². The van der Waals surface area contributed by atoms with E-state index in [4.69, 9.17) is 0 Å². The Bertz CT molecular complexity index is 1050. The minimum Gasteiger partial charge on any atom is -0.319 e. The van der Waals surface area contributed by atoms with Crippen molar-refractivity contribution in [2.75, 3.05) is 11.4 Å². The Morgan fingerprint density at radius 3 is 2.53 bits per heavy atom. The van der Waals surface area contributed by atoms with Gasteiger partial charge in [0.25, 0.3) is 5.91 Å². The Kier molecular flexibility index (Phi) is 4.38. The highest BCUT2D eigenvalue weighted by Gasteiger charge is 2.56. The van der Waals surface area contributed by atoms with Gasteiger partial charge in [0.2, 0.25) is 5.91 Å². The van der Waals surface area contributed by atoms with Crippen LogP contribution in [0.3, 0.4) is 0 Å². The molecule has 2 aromatic rings. The van der Waals surface area contributed by atoms with E-state index in [1.54, 1.807) is 11.8 Å². The van der Waals surface area contributed by atoms with Gasteiger partial charge in [0.1, 0.15) is 11.6 Å². The monoisotopic (exact) mass is 403 g/mol. The van der Waals surface area contributed by atoms with Crippen molar-refractivity contribution < 1.29 is 14.4 Å². The number of benzene rings is 2. The molecule has 1 spiro atoms. The molecule has 3 aliphatic rings. The van der Waals surface area contributed by atoms with E-state index in [2.05, 4.69) is 5.32 Å². The normalized spacial score (nSPS) is 23.8. The van der Waals surface area contributed by atoms with Crippen molar-refractivity contribution in [1.82, 2.24) is 10.2 Å².